The first-order valence-corrected chi connectivity index (χ1v) is 10.9. The summed E-state index contributed by atoms with van der Waals surface area (Å²) in [7, 11) is 1.28. The van der Waals surface area contributed by atoms with Crippen LogP contribution in [0.2, 0.25) is 5.02 Å². The van der Waals surface area contributed by atoms with Gasteiger partial charge in [-0.05, 0) is 64.8 Å². The van der Waals surface area contributed by atoms with Gasteiger partial charge >= 0.3 is 5.97 Å². The largest absolute Gasteiger partial charge is 0.490 e. The van der Waals surface area contributed by atoms with Crippen LogP contribution in [-0.2, 0) is 14.3 Å². The number of hydrogen-bond donors (Lipinski definition) is 1. The first kappa shape index (κ1) is 24.0. The molecule has 7 nitrogen and oxygen atoms in total. The Hall–Kier alpha value is -2.23. The average molecular weight is 516 g/mol. The standard InChI is InChI=1S/C20H20BrClN2O5S/c1-3-28-17-9-13(8-16(21)20(17)29-11-19(26)27-2)10-23-24-18(25)12-30-15-6-4-14(22)5-7-15/h4-10H,3,11-12H2,1-2H3,(H,24,25)/b23-10-. The van der Waals surface area contributed by atoms with Crippen LogP contribution in [0, 0.1) is 0 Å². The maximum atomic E-state index is 12.0. The number of benzene rings is 2. The van der Waals surface area contributed by atoms with Crippen molar-refractivity contribution in [3.8, 4) is 11.5 Å². The molecule has 10 heteroatoms. The second kappa shape index (κ2) is 12.5. The SMILES string of the molecule is CCOc1cc(/C=N\NC(=O)CSc2ccc(Cl)cc2)cc(Br)c1OCC(=O)OC. The number of rotatable bonds is 10. The van der Waals surface area contributed by atoms with Gasteiger partial charge in [0.2, 0.25) is 5.91 Å². The summed E-state index contributed by atoms with van der Waals surface area (Å²) in [5, 5.41) is 4.62. The molecule has 2 aromatic carbocycles. The molecule has 2 rings (SSSR count). The second-order valence-electron chi connectivity index (χ2n) is 5.66. The van der Waals surface area contributed by atoms with Crippen LogP contribution in [0.1, 0.15) is 12.5 Å². The third-order valence-electron chi connectivity index (χ3n) is 3.48. The Kier molecular flexibility index (Phi) is 9.99. The van der Waals surface area contributed by atoms with Crippen molar-refractivity contribution in [1.82, 2.24) is 5.43 Å². The molecule has 0 atom stereocenters. The van der Waals surface area contributed by atoms with Crippen molar-refractivity contribution in [3.05, 3.63) is 51.5 Å². The minimum atomic E-state index is -0.505. The number of amides is 1. The van der Waals surface area contributed by atoms with Crippen molar-refractivity contribution in [1.29, 1.82) is 0 Å². The van der Waals surface area contributed by atoms with Gasteiger partial charge in [-0.2, -0.15) is 5.10 Å². The Morgan fingerprint density at radius 2 is 1.97 bits per heavy atom. The molecule has 0 saturated carbocycles. The number of nitrogens with one attached hydrogen (secondary N) is 1. The zero-order valence-electron chi connectivity index (χ0n) is 16.3. The lowest BCUT2D eigenvalue weighted by Gasteiger charge is -2.13. The Morgan fingerprint density at radius 1 is 1.23 bits per heavy atom. The first-order valence-electron chi connectivity index (χ1n) is 8.79. The number of ether oxygens (including phenoxy) is 3. The van der Waals surface area contributed by atoms with Gasteiger partial charge in [0, 0.05) is 9.92 Å². The van der Waals surface area contributed by atoms with E-state index in [1.807, 2.05) is 19.1 Å². The van der Waals surface area contributed by atoms with Gasteiger partial charge in [0.1, 0.15) is 0 Å². The molecule has 0 fully saturated rings. The van der Waals surface area contributed by atoms with Crippen LogP contribution >= 0.6 is 39.3 Å². The van der Waals surface area contributed by atoms with Crippen LogP contribution in [0.3, 0.4) is 0 Å². The van der Waals surface area contributed by atoms with Gasteiger partial charge < -0.3 is 14.2 Å². The number of methoxy groups -OCH3 is 1. The van der Waals surface area contributed by atoms with Crippen molar-refractivity contribution in [2.45, 2.75) is 11.8 Å². The summed E-state index contributed by atoms with van der Waals surface area (Å²) >= 11 is 10.6. The molecule has 0 aromatic heterocycles. The van der Waals surface area contributed by atoms with E-state index in [9.17, 15) is 9.59 Å². The highest BCUT2D eigenvalue weighted by Gasteiger charge is 2.14. The molecule has 160 valence electrons. The van der Waals surface area contributed by atoms with E-state index in [1.165, 1.54) is 25.1 Å². The lowest BCUT2D eigenvalue weighted by molar-refractivity contribution is -0.143. The van der Waals surface area contributed by atoms with E-state index in [0.29, 0.717) is 33.2 Å². The number of carbonyl (C=O) groups is 2. The zero-order valence-corrected chi connectivity index (χ0v) is 19.5. The molecule has 30 heavy (non-hydrogen) atoms. The van der Waals surface area contributed by atoms with E-state index in [2.05, 4.69) is 31.2 Å². The van der Waals surface area contributed by atoms with Crippen molar-refractivity contribution >= 4 is 57.4 Å². The maximum Gasteiger partial charge on any atom is 0.343 e. The lowest BCUT2D eigenvalue weighted by Crippen LogP contribution is -2.19. The fourth-order valence-corrected chi connectivity index (χ4v) is 3.54. The van der Waals surface area contributed by atoms with Gasteiger partial charge in [0.15, 0.2) is 18.1 Å². The summed E-state index contributed by atoms with van der Waals surface area (Å²) in [6, 6.07) is 10.7. The first-order chi connectivity index (χ1) is 14.4. The molecule has 0 heterocycles. The van der Waals surface area contributed by atoms with Gasteiger partial charge in [-0.3, -0.25) is 4.79 Å². The smallest absolute Gasteiger partial charge is 0.343 e. The zero-order chi connectivity index (χ0) is 21.9. The van der Waals surface area contributed by atoms with Gasteiger partial charge in [0.05, 0.1) is 30.2 Å². The Labute approximate surface area is 192 Å². The molecule has 0 bridgehead atoms. The van der Waals surface area contributed by atoms with Gasteiger partial charge in [-0.1, -0.05) is 11.6 Å². The topological polar surface area (TPSA) is 86.2 Å². The number of esters is 1. The molecule has 1 amide bonds. The van der Waals surface area contributed by atoms with E-state index in [1.54, 1.807) is 24.3 Å². The minimum absolute atomic E-state index is 0.215. The maximum absolute atomic E-state index is 12.0. The number of nitrogens with zero attached hydrogens (tertiary/aromatic N) is 1. The second-order valence-corrected chi connectivity index (χ2v) is 8.00. The number of thioether (sulfide) groups is 1. The summed E-state index contributed by atoms with van der Waals surface area (Å²) in [5.74, 6) is 0.278. The minimum Gasteiger partial charge on any atom is -0.490 e. The van der Waals surface area contributed by atoms with Crippen LogP contribution in [0.5, 0.6) is 11.5 Å². The Morgan fingerprint density at radius 3 is 2.63 bits per heavy atom. The van der Waals surface area contributed by atoms with E-state index >= 15 is 0 Å². The molecule has 0 radical (unpaired) electrons. The fourth-order valence-electron chi connectivity index (χ4n) is 2.15. The molecular formula is C20H20BrClN2O5S. The van der Waals surface area contributed by atoms with Crippen molar-refractivity contribution in [2.75, 3.05) is 26.1 Å². The predicted octanol–water partition coefficient (Wildman–Crippen LogP) is 4.30. The van der Waals surface area contributed by atoms with Crippen LogP contribution < -0.4 is 14.9 Å². The highest BCUT2D eigenvalue weighted by molar-refractivity contribution is 9.10. The van der Waals surface area contributed by atoms with Crippen LogP contribution in [0.25, 0.3) is 0 Å². The van der Waals surface area contributed by atoms with E-state index in [0.717, 1.165) is 4.90 Å². The monoisotopic (exact) mass is 514 g/mol. The predicted molar refractivity (Wildman–Crippen MR) is 121 cm³/mol. The molecule has 0 saturated heterocycles. The number of hydrogen-bond acceptors (Lipinski definition) is 7. The van der Waals surface area contributed by atoms with Crippen LogP contribution in [-0.4, -0.2) is 44.2 Å². The third kappa shape index (κ3) is 7.89. The van der Waals surface area contributed by atoms with Crippen LogP contribution in [0.4, 0.5) is 0 Å². The summed E-state index contributed by atoms with van der Waals surface area (Å²) in [4.78, 5) is 24.2. The molecule has 2 aromatic rings. The summed E-state index contributed by atoms with van der Waals surface area (Å²) < 4.78 is 16.2. The summed E-state index contributed by atoms with van der Waals surface area (Å²) in [6.45, 7) is 1.99. The van der Waals surface area contributed by atoms with Crippen LogP contribution in [0.15, 0.2) is 50.9 Å². The molecule has 1 N–H and O–H groups in total. The van der Waals surface area contributed by atoms with Gasteiger partial charge in [-0.25, -0.2) is 10.2 Å². The van der Waals surface area contributed by atoms with Crippen molar-refractivity contribution < 1.29 is 23.8 Å². The normalized spacial score (nSPS) is 10.7. The lowest BCUT2D eigenvalue weighted by atomic mass is 10.2. The van der Waals surface area contributed by atoms with E-state index in [-0.39, 0.29) is 18.3 Å². The molecule has 0 spiro atoms. The summed E-state index contributed by atoms with van der Waals surface area (Å²) in [5.41, 5.74) is 3.15. The van der Waals surface area contributed by atoms with E-state index < -0.39 is 5.97 Å². The molecule has 0 unspecified atom stereocenters. The molecule has 0 aliphatic heterocycles. The third-order valence-corrected chi connectivity index (χ3v) is 5.33. The van der Waals surface area contributed by atoms with Crippen molar-refractivity contribution in [3.63, 3.8) is 0 Å². The number of halogens is 2. The molecule has 0 aliphatic carbocycles. The molecular weight excluding hydrogens is 496 g/mol. The fraction of sp³-hybridized carbons (Fsp3) is 0.250. The molecule has 0 aliphatic rings. The Balaban J connectivity index is 1.97. The average Bonchev–Trinajstić information content (AvgIpc) is 2.72. The highest BCUT2D eigenvalue weighted by Crippen LogP contribution is 2.36. The number of carbonyl (C=O) groups excluding carboxylic acids is 2. The quantitative estimate of drug-likeness (QED) is 0.220. The Bertz CT molecular complexity index is 909. The van der Waals surface area contributed by atoms with Crippen molar-refractivity contribution in [2.24, 2.45) is 5.10 Å². The van der Waals surface area contributed by atoms with Gasteiger partial charge in [0.25, 0.3) is 0 Å². The summed E-state index contributed by atoms with van der Waals surface area (Å²) in [6.07, 6.45) is 1.49. The number of hydrazone groups is 1. The van der Waals surface area contributed by atoms with Gasteiger partial charge in [-0.15, -0.1) is 11.8 Å². The van der Waals surface area contributed by atoms with E-state index in [4.69, 9.17) is 21.1 Å². The highest BCUT2D eigenvalue weighted by atomic mass is 79.9.